The molecule has 1 N–H and O–H groups in total. The van der Waals surface area contributed by atoms with E-state index >= 15 is 0 Å². The Balaban J connectivity index is 0.00000176. The van der Waals surface area contributed by atoms with Crippen molar-refractivity contribution in [2.75, 3.05) is 26.7 Å². The first-order chi connectivity index (χ1) is 10.3. The van der Waals surface area contributed by atoms with Crippen LogP contribution in [0.4, 0.5) is 0 Å². The maximum atomic E-state index is 5.52. The predicted octanol–water partition coefficient (Wildman–Crippen LogP) is 1.39. The third-order valence-electron chi connectivity index (χ3n) is 4.03. The minimum atomic E-state index is 0. The summed E-state index contributed by atoms with van der Waals surface area (Å²) in [6.07, 6.45) is 1.83. The Labute approximate surface area is 136 Å². The molecule has 0 bridgehead atoms. The van der Waals surface area contributed by atoms with Gasteiger partial charge in [-0.05, 0) is 6.07 Å². The largest absolute Gasteiger partial charge is 0.496 e. The molecule has 1 saturated heterocycles. The van der Waals surface area contributed by atoms with Crippen LogP contribution in [0, 0.1) is 0 Å². The van der Waals surface area contributed by atoms with E-state index in [0.717, 1.165) is 37.6 Å². The van der Waals surface area contributed by atoms with Crippen LogP contribution in [0.25, 0.3) is 0 Å². The first-order valence-corrected chi connectivity index (χ1v) is 7.21. The zero-order valence-electron chi connectivity index (χ0n) is 12.9. The van der Waals surface area contributed by atoms with Crippen LogP contribution in [-0.2, 0) is 13.6 Å². The van der Waals surface area contributed by atoms with Gasteiger partial charge in [-0.1, -0.05) is 23.4 Å². The molecule has 0 spiro atoms. The highest BCUT2D eigenvalue weighted by Crippen LogP contribution is 2.30. The molecule has 1 aromatic carbocycles. The van der Waals surface area contributed by atoms with E-state index in [1.807, 2.05) is 30.1 Å². The van der Waals surface area contributed by atoms with Crippen molar-refractivity contribution < 1.29 is 4.74 Å². The zero-order valence-corrected chi connectivity index (χ0v) is 13.7. The molecular weight excluding hydrogens is 302 g/mol. The van der Waals surface area contributed by atoms with Gasteiger partial charge in [-0.3, -0.25) is 9.58 Å². The maximum Gasteiger partial charge on any atom is 0.123 e. The quantitative estimate of drug-likeness (QED) is 0.921. The van der Waals surface area contributed by atoms with Gasteiger partial charge in [0.2, 0.25) is 0 Å². The summed E-state index contributed by atoms with van der Waals surface area (Å²) in [6.45, 7) is 3.75. The Kier molecular flexibility index (Phi) is 5.76. The van der Waals surface area contributed by atoms with Gasteiger partial charge >= 0.3 is 0 Å². The van der Waals surface area contributed by atoms with Gasteiger partial charge in [0.1, 0.15) is 5.75 Å². The minimum Gasteiger partial charge on any atom is -0.496 e. The Bertz CT molecular complexity index is 603. The summed E-state index contributed by atoms with van der Waals surface area (Å²) in [5.74, 6) is 0.944. The minimum absolute atomic E-state index is 0. The molecule has 1 atom stereocenters. The molecule has 2 aromatic rings. The highest BCUT2D eigenvalue weighted by atomic mass is 35.5. The molecular formula is C15H22ClN5O. The number of nitrogens with one attached hydrogen (secondary N) is 1. The SMILES string of the molecule is COc1ccccc1C1CNCCN1Cc1cnnn1C.Cl. The monoisotopic (exact) mass is 323 g/mol. The summed E-state index contributed by atoms with van der Waals surface area (Å²) in [7, 11) is 3.66. The van der Waals surface area contributed by atoms with Crippen LogP contribution in [0.15, 0.2) is 30.5 Å². The standard InChI is InChI=1S/C15H21N5O.ClH/c1-19-12(9-17-18-19)11-20-8-7-16-10-14(20)13-5-3-4-6-15(13)21-2;/h3-6,9,14,16H,7-8,10-11H2,1-2H3;1H. The molecule has 3 rings (SSSR count). The molecule has 0 aliphatic carbocycles. The summed E-state index contributed by atoms with van der Waals surface area (Å²) in [4.78, 5) is 2.45. The fourth-order valence-corrected chi connectivity index (χ4v) is 2.85. The Hall–Kier alpha value is -1.63. The van der Waals surface area contributed by atoms with Crippen molar-refractivity contribution in [2.24, 2.45) is 7.05 Å². The first-order valence-electron chi connectivity index (χ1n) is 7.21. The number of aryl methyl sites for hydroxylation is 1. The van der Waals surface area contributed by atoms with Gasteiger partial charge in [-0.15, -0.1) is 17.5 Å². The van der Waals surface area contributed by atoms with E-state index in [4.69, 9.17) is 4.74 Å². The molecule has 1 aliphatic heterocycles. The van der Waals surface area contributed by atoms with E-state index < -0.39 is 0 Å². The average Bonchev–Trinajstić information content (AvgIpc) is 2.93. The molecule has 7 heteroatoms. The number of hydrogen-bond donors (Lipinski definition) is 1. The van der Waals surface area contributed by atoms with Crippen LogP contribution in [0.1, 0.15) is 17.3 Å². The van der Waals surface area contributed by atoms with Crippen LogP contribution in [-0.4, -0.2) is 46.6 Å². The smallest absolute Gasteiger partial charge is 0.123 e. The van der Waals surface area contributed by atoms with Crippen molar-refractivity contribution in [2.45, 2.75) is 12.6 Å². The van der Waals surface area contributed by atoms with Crippen molar-refractivity contribution in [3.8, 4) is 5.75 Å². The van der Waals surface area contributed by atoms with Gasteiger partial charge in [-0.25, -0.2) is 0 Å². The average molecular weight is 324 g/mol. The summed E-state index contributed by atoms with van der Waals surface area (Å²) in [6, 6.07) is 8.54. The number of hydrogen-bond acceptors (Lipinski definition) is 5. The van der Waals surface area contributed by atoms with Crippen molar-refractivity contribution in [3.63, 3.8) is 0 Å². The molecule has 2 heterocycles. The van der Waals surface area contributed by atoms with Crippen LogP contribution in [0.5, 0.6) is 5.75 Å². The molecule has 120 valence electrons. The Morgan fingerprint density at radius 1 is 1.36 bits per heavy atom. The van der Waals surface area contributed by atoms with Gasteiger partial charge in [0.15, 0.2) is 0 Å². The number of nitrogens with zero attached hydrogens (tertiary/aromatic N) is 4. The lowest BCUT2D eigenvalue weighted by Crippen LogP contribution is -2.45. The lowest BCUT2D eigenvalue weighted by molar-refractivity contribution is 0.147. The molecule has 1 unspecified atom stereocenters. The second-order valence-electron chi connectivity index (χ2n) is 5.28. The summed E-state index contributed by atoms with van der Waals surface area (Å²) in [5.41, 5.74) is 2.35. The van der Waals surface area contributed by atoms with Crippen molar-refractivity contribution in [3.05, 3.63) is 41.7 Å². The number of rotatable bonds is 4. The first kappa shape index (κ1) is 16.7. The molecule has 22 heavy (non-hydrogen) atoms. The normalized spacial score (nSPS) is 18.7. The summed E-state index contributed by atoms with van der Waals surface area (Å²) >= 11 is 0. The molecule has 0 amide bonds. The van der Waals surface area contributed by atoms with Crippen molar-refractivity contribution >= 4 is 12.4 Å². The van der Waals surface area contributed by atoms with Gasteiger partial charge in [-0.2, -0.15) is 0 Å². The van der Waals surface area contributed by atoms with Crippen molar-refractivity contribution in [1.82, 2.24) is 25.2 Å². The second-order valence-corrected chi connectivity index (χ2v) is 5.28. The topological polar surface area (TPSA) is 55.2 Å². The lowest BCUT2D eigenvalue weighted by atomic mass is 10.0. The highest BCUT2D eigenvalue weighted by Gasteiger charge is 2.26. The third-order valence-corrected chi connectivity index (χ3v) is 4.03. The van der Waals surface area contributed by atoms with E-state index in [1.54, 1.807) is 7.11 Å². The fraction of sp³-hybridized carbons (Fsp3) is 0.467. The van der Waals surface area contributed by atoms with Gasteiger partial charge in [0, 0.05) is 38.8 Å². The number of piperazine rings is 1. The summed E-state index contributed by atoms with van der Waals surface area (Å²) in [5, 5.41) is 11.5. The maximum absolute atomic E-state index is 5.52. The lowest BCUT2D eigenvalue weighted by Gasteiger charge is -2.36. The highest BCUT2D eigenvalue weighted by molar-refractivity contribution is 5.85. The molecule has 0 radical (unpaired) electrons. The van der Waals surface area contributed by atoms with Crippen LogP contribution >= 0.6 is 12.4 Å². The van der Waals surface area contributed by atoms with E-state index in [9.17, 15) is 0 Å². The van der Waals surface area contributed by atoms with Gasteiger partial charge < -0.3 is 10.1 Å². The molecule has 6 nitrogen and oxygen atoms in total. The number of methoxy groups -OCH3 is 1. The van der Waals surface area contributed by atoms with E-state index in [0.29, 0.717) is 6.04 Å². The fourth-order valence-electron chi connectivity index (χ4n) is 2.85. The molecule has 1 fully saturated rings. The number of halogens is 1. The number of ether oxygens (including phenoxy) is 1. The molecule has 1 aliphatic rings. The number of benzene rings is 1. The Morgan fingerprint density at radius 3 is 2.91 bits per heavy atom. The number of para-hydroxylation sites is 1. The van der Waals surface area contributed by atoms with Crippen LogP contribution < -0.4 is 10.1 Å². The summed E-state index contributed by atoms with van der Waals surface area (Å²) < 4.78 is 7.36. The van der Waals surface area contributed by atoms with Gasteiger partial charge in [0.05, 0.1) is 25.0 Å². The molecule has 1 aromatic heterocycles. The van der Waals surface area contributed by atoms with Gasteiger partial charge in [0.25, 0.3) is 0 Å². The third kappa shape index (κ3) is 3.40. The van der Waals surface area contributed by atoms with Crippen LogP contribution in [0.2, 0.25) is 0 Å². The zero-order chi connectivity index (χ0) is 14.7. The molecule has 0 saturated carbocycles. The predicted molar refractivity (Wildman–Crippen MR) is 87.3 cm³/mol. The van der Waals surface area contributed by atoms with Crippen LogP contribution in [0.3, 0.4) is 0 Å². The van der Waals surface area contributed by atoms with Crippen molar-refractivity contribution in [1.29, 1.82) is 0 Å². The second kappa shape index (κ2) is 7.58. The number of aromatic nitrogens is 3. The Morgan fingerprint density at radius 2 is 2.18 bits per heavy atom. The van der Waals surface area contributed by atoms with E-state index in [-0.39, 0.29) is 12.4 Å². The van der Waals surface area contributed by atoms with E-state index in [1.165, 1.54) is 5.56 Å². The van der Waals surface area contributed by atoms with E-state index in [2.05, 4.69) is 32.7 Å².